The average Bonchev–Trinajstić information content (AvgIpc) is 2.71. The van der Waals surface area contributed by atoms with Crippen LogP contribution in [0.5, 0.6) is 0 Å². The molecule has 0 unspecified atom stereocenters. The third kappa shape index (κ3) is 5.04. The maximum atomic E-state index is 11.6. The minimum absolute atomic E-state index is 0.0776. The summed E-state index contributed by atoms with van der Waals surface area (Å²) in [4.78, 5) is 11.6. The van der Waals surface area contributed by atoms with Crippen molar-refractivity contribution in [3.05, 3.63) is 24.0 Å². The van der Waals surface area contributed by atoms with E-state index >= 15 is 0 Å². The van der Waals surface area contributed by atoms with Gasteiger partial charge in [-0.2, -0.15) is 0 Å². The Morgan fingerprint density at radius 2 is 2.24 bits per heavy atom. The third-order valence-electron chi connectivity index (χ3n) is 2.50. The lowest BCUT2D eigenvalue weighted by Gasteiger charge is -2.12. The zero-order valence-electron chi connectivity index (χ0n) is 11.0. The molecule has 1 aromatic rings. The largest absolute Gasteiger partial charge is 0.355 e. The summed E-state index contributed by atoms with van der Waals surface area (Å²) in [5.74, 6) is 0.0776. The molecule has 4 nitrogen and oxygen atoms in total. The van der Waals surface area contributed by atoms with Crippen LogP contribution >= 0.6 is 0 Å². The van der Waals surface area contributed by atoms with Gasteiger partial charge in [0.1, 0.15) is 6.54 Å². The fraction of sp³-hybridized carbons (Fsp3) is 0.615. The van der Waals surface area contributed by atoms with Crippen molar-refractivity contribution in [1.29, 1.82) is 0 Å². The van der Waals surface area contributed by atoms with Gasteiger partial charge in [0.05, 0.1) is 0 Å². The van der Waals surface area contributed by atoms with E-state index in [0.717, 1.165) is 25.2 Å². The number of aromatic nitrogens is 1. The van der Waals surface area contributed by atoms with E-state index in [1.165, 1.54) is 0 Å². The number of hydrogen-bond donors (Lipinski definition) is 2. The van der Waals surface area contributed by atoms with Crippen molar-refractivity contribution in [2.75, 3.05) is 6.54 Å². The molecule has 0 aromatic carbocycles. The maximum Gasteiger partial charge on any atom is 0.239 e. The van der Waals surface area contributed by atoms with Crippen LogP contribution in [-0.4, -0.2) is 23.1 Å². The normalized spacial score (nSPS) is 10.8. The van der Waals surface area contributed by atoms with Gasteiger partial charge in [0.25, 0.3) is 0 Å². The third-order valence-corrected chi connectivity index (χ3v) is 2.50. The molecule has 1 aromatic heterocycles. The second-order valence-electron chi connectivity index (χ2n) is 4.51. The van der Waals surface area contributed by atoms with Crippen molar-refractivity contribution >= 4 is 5.91 Å². The van der Waals surface area contributed by atoms with E-state index in [0.29, 0.717) is 12.6 Å². The molecule has 96 valence electrons. The summed E-state index contributed by atoms with van der Waals surface area (Å²) >= 11 is 0. The van der Waals surface area contributed by atoms with Crippen molar-refractivity contribution in [1.82, 2.24) is 15.2 Å². The minimum Gasteiger partial charge on any atom is -0.355 e. The molecule has 0 aliphatic rings. The molecule has 2 N–H and O–H groups in total. The average molecular weight is 237 g/mol. The number of rotatable bonds is 7. The zero-order chi connectivity index (χ0) is 12.7. The molecule has 4 heteroatoms. The van der Waals surface area contributed by atoms with Gasteiger partial charge in [0.15, 0.2) is 0 Å². The minimum atomic E-state index is 0.0776. The van der Waals surface area contributed by atoms with Crippen molar-refractivity contribution in [3.8, 4) is 0 Å². The number of hydrogen-bond acceptors (Lipinski definition) is 2. The molecule has 0 radical (unpaired) electrons. The van der Waals surface area contributed by atoms with Gasteiger partial charge < -0.3 is 15.2 Å². The Morgan fingerprint density at radius 1 is 1.47 bits per heavy atom. The highest BCUT2D eigenvalue weighted by Gasteiger charge is 2.05. The molecule has 1 amide bonds. The van der Waals surface area contributed by atoms with Gasteiger partial charge in [-0.25, -0.2) is 0 Å². The van der Waals surface area contributed by atoms with Crippen LogP contribution in [0.1, 0.15) is 32.9 Å². The first-order chi connectivity index (χ1) is 8.13. The Balaban J connectivity index is 2.47. The van der Waals surface area contributed by atoms with Crippen LogP contribution in [-0.2, 0) is 17.9 Å². The fourth-order valence-corrected chi connectivity index (χ4v) is 1.55. The molecule has 0 aliphatic heterocycles. The SMILES string of the molecule is CCCNC(=O)Cn1cccc1CNC(C)C. The van der Waals surface area contributed by atoms with Gasteiger partial charge >= 0.3 is 0 Å². The predicted octanol–water partition coefficient (Wildman–Crippen LogP) is 1.51. The second kappa shape index (κ2) is 7.12. The van der Waals surface area contributed by atoms with E-state index in [-0.39, 0.29) is 5.91 Å². The lowest BCUT2D eigenvalue weighted by Crippen LogP contribution is -2.29. The monoisotopic (exact) mass is 237 g/mol. The summed E-state index contributed by atoms with van der Waals surface area (Å²) in [6.07, 6.45) is 2.92. The molecule has 17 heavy (non-hydrogen) atoms. The van der Waals surface area contributed by atoms with Crippen LogP contribution in [0.3, 0.4) is 0 Å². The Bertz CT molecular complexity index is 344. The highest BCUT2D eigenvalue weighted by Crippen LogP contribution is 2.02. The number of amides is 1. The molecular weight excluding hydrogens is 214 g/mol. The van der Waals surface area contributed by atoms with Crippen LogP contribution in [0.15, 0.2) is 18.3 Å². The molecular formula is C13H23N3O. The summed E-state index contributed by atoms with van der Waals surface area (Å²) in [5, 5.41) is 6.23. The van der Waals surface area contributed by atoms with Gasteiger partial charge in [-0.3, -0.25) is 4.79 Å². The van der Waals surface area contributed by atoms with E-state index in [1.807, 2.05) is 29.8 Å². The molecule has 1 heterocycles. The van der Waals surface area contributed by atoms with Gasteiger partial charge in [-0.1, -0.05) is 20.8 Å². The van der Waals surface area contributed by atoms with Crippen molar-refractivity contribution in [2.24, 2.45) is 0 Å². The smallest absolute Gasteiger partial charge is 0.239 e. The molecule has 0 saturated heterocycles. The number of carbonyl (C=O) groups is 1. The quantitative estimate of drug-likeness (QED) is 0.755. The van der Waals surface area contributed by atoms with E-state index in [9.17, 15) is 4.79 Å². The van der Waals surface area contributed by atoms with Crippen LogP contribution in [0.25, 0.3) is 0 Å². The lowest BCUT2D eigenvalue weighted by molar-refractivity contribution is -0.121. The van der Waals surface area contributed by atoms with Gasteiger partial charge in [0.2, 0.25) is 5.91 Å². The van der Waals surface area contributed by atoms with E-state index in [4.69, 9.17) is 0 Å². The number of nitrogens with one attached hydrogen (secondary N) is 2. The summed E-state index contributed by atoms with van der Waals surface area (Å²) in [6, 6.07) is 4.47. The molecule has 0 spiro atoms. The van der Waals surface area contributed by atoms with Crippen LogP contribution in [0.2, 0.25) is 0 Å². The van der Waals surface area contributed by atoms with E-state index in [2.05, 4.69) is 24.5 Å². The first kappa shape index (κ1) is 13.8. The van der Waals surface area contributed by atoms with E-state index in [1.54, 1.807) is 0 Å². The van der Waals surface area contributed by atoms with Gasteiger partial charge in [-0.05, 0) is 18.6 Å². The fourth-order valence-electron chi connectivity index (χ4n) is 1.55. The van der Waals surface area contributed by atoms with Crippen LogP contribution in [0.4, 0.5) is 0 Å². The van der Waals surface area contributed by atoms with Crippen LogP contribution in [0, 0.1) is 0 Å². The Labute approximate surface area is 103 Å². The van der Waals surface area contributed by atoms with Crippen molar-refractivity contribution in [2.45, 2.75) is 46.3 Å². The number of nitrogens with zero attached hydrogens (tertiary/aromatic N) is 1. The standard InChI is InChI=1S/C13H23N3O/c1-4-7-14-13(17)10-16-8-5-6-12(16)9-15-11(2)3/h5-6,8,11,15H,4,7,9-10H2,1-3H3,(H,14,17). The summed E-state index contributed by atoms with van der Waals surface area (Å²) in [5.41, 5.74) is 1.14. The highest BCUT2D eigenvalue weighted by atomic mass is 16.1. The van der Waals surface area contributed by atoms with Crippen LogP contribution < -0.4 is 10.6 Å². The second-order valence-corrected chi connectivity index (χ2v) is 4.51. The summed E-state index contributed by atoms with van der Waals surface area (Å²) in [6.45, 7) is 8.23. The molecule has 0 saturated carbocycles. The predicted molar refractivity (Wildman–Crippen MR) is 69.7 cm³/mol. The lowest BCUT2D eigenvalue weighted by atomic mass is 10.3. The summed E-state index contributed by atoms with van der Waals surface area (Å²) in [7, 11) is 0. The van der Waals surface area contributed by atoms with Gasteiger partial charge in [-0.15, -0.1) is 0 Å². The molecule has 0 atom stereocenters. The Kier molecular flexibility index (Phi) is 5.77. The highest BCUT2D eigenvalue weighted by molar-refractivity contribution is 5.75. The summed E-state index contributed by atoms with van der Waals surface area (Å²) < 4.78 is 1.99. The zero-order valence-corrected chi connectivity index (χ0v) is 11.0. The molecule has 0 fully saturated rings. The molecule has 0 bridgehead atoms. The topological polar surface area (TPSA) is 46.1 Å². The van der Waals surface area contributed by atoms with Crippen molar-refractivity contribution < 1.29 is 4.79 Å². The Morgan fingerprint density at radius 3 is 2.88 bits per heavy atom. The molecule has 1 rings (SSSR count). The Hall–Kier alpha value is -1.29. The maximum absolute atomic E-state index is 11.6. The van der Waals surface area contributed by atoms with Crippen molar-refractivity contribution in [3.63, 3.8) is 0 Å². The van der Waals surface area contributed by atoms with E-state index < -0.39 is 0 Å². The number of carbonyl (C=O) groups excluding carboxylic acids is 1. The van der Waals surface area contributed by atoms with Gasteiger partial charge in [0, 0.05) is 31.0 Å². The first-order valence-corrected chi connectivity index (χ1v) is 6.27. The first-order valence-electron chi connectivity index (χ1n) is 6.27. The molecule has 0 aliphatic carbocycles.